The molecule has 1 aromatic carbocycles. The van der Waals surface area contributed by atoms with Gasteiger partial charge in [-0.3, -0.25) is 4.68 Å². The van der Waals surface area contributed by atoms with Gasteiger partial charge in [0, 0.05) is 29.9 Å². The molecule has 2 rings (SSSR count). The molecule has 1 atom stereocenters. The predicted octanol–water partition coefficient (Wildman–Crippen LogP) is 4.16. The molecular weight excluding hydrogens is 265 g/mol. The molecule has 1 N–H and O–H groups in total. The smallest absolute Gasteiger partial charge is 0.131 e. The number of halogens is 1. The second-order valence-corrected chi connectivity index (χ2v) is 5.41. The first kappa shape index (κ1) is 15.7. The Morgan fingerprint density at radius 3 is 2.81 bits per heavy atom. The molecule has 0 fully saturated rings. The molecule has 0 spiro atoms. The first-order valence-electron chi connectivity index (χ1n) is 7.71. The lowest BCUT2D eigenvalue weighted by molar-refractivity contribution is 0.568. The summed E-state index contributed by atoms with van der Waals surface area (Å²) in [6.45, 7) is 8.16. The predicted molar refractivity (Wildman–Crippen MR) is 84.6 cm³/mol. The van der Waals surface area contributed by atoms with E-state index in [9.17, 15) is 4.39 Å². The summed E-state index contributed by atoms with van der Waals surface area (Å²) < 4.78 is 16.0. The van der Waals surface area contributed by atoms with Gasteiger partial charge in [0.15, 0.2) is 0 Å². The fourth-order valence-corrected chi connectivity index (χ4v) is 2.37. The molecule has 0 amide bonds. The van der Waals surface area contributed by atoms with Crippen LogP contribution in [-0.4, -0.2) is 16.3 Å². The second-order valence-electron chi connectivity index (χ2n) is 5.41. The maximum absolute atomic E-state index is 14.1. The van der Waals surface area contributed by atoms with Crippen molar-refractivity contribution in [3.8, 4) is 11.1 Å². The summed E-state index contributed by atoms with van der Waals surface area (Å²) in [6, 6.07) is 5.54. The van der Waals surface area contributed by atoms with Crippen LogP contribution >= 0.6 is 0 Å². The number of aromatic nitrogens is 2. The minimum absolute atomic E-state index is 0.197. The van der Waals surface area contributed by atoms with Crippen molar-refractivity contribution in [2.45, 2.75) is 46.2 Å². The zero-order valence-corrected chi connectivity index (χ0v) is 13.1. The van der Waals surface area contributed by atoms with E-state index in [0.29, 0.717) is 5.56 Å². The molecule has 4 heteroatoms. The number of aryl methyl sites for hydroxylation is 1. The van der Waals surface area contributed by atoms with E-state index in [4.69, 9.17) is 0 Å². The van der Waals surface area contributed by atoms with Gasteiger partial charge in [0.2, 0.25) is 0 Å². The van der Waals surface area contributed by atoms with Gasteiger partial charge in [-0.1, -0.05) is 19.9 Å². The van der Waals surface area contributed by atoms with Crippen LogP contribution in [0.2, 0.25) is 0 Å². The third-order valence-electron chi connectivity index (χ3n) is 3.59. The molecule has 0 saturated carbocycles. The fraction of sp³-hybridized carbons (Fsp3) is 0.471. The minimum atomic E-state index is -0.197. The van der Waals surface area contributed by atoms with Gasteiger partial charge in [0.1, 0.15) is 5.82 Å². The summed E-state index contributed by atoms with van der Waals surface area (Å²) in [4.78, 5) is 0. The second kappa shape index (κ2) is 7.36. The molecule has 0 bridgehead atoms. The van der Waals surface area contributed by atoms with Crippen LogP contribution in [-0.2, 0) is 6.54 Å². The highest BCUT2D eigenvalue weighted by Gasteiger charge is 2.11. The van der Waals surface area contributed by atoms with Gasteiger partial charge in [-0.2, -0.15) is 5.10 Å². The molecule has 0 aliphatic heterocycles. The maximum atomic E-state index is 14.1. The van der Waals surface area contributed by atoms with Crippen LogP contribution < -0.4 is 5.32 Å². The summed E-state index contributed by atoms with van der Waals surface area (Å²) in [6.07, 6.45) is 5.75. The largest absolute Gasteiger partial charge is 0.310 e. The molecule has 0 aliphatic carbocycles. The monoisotopic (exact) mass is 289 g/mol. The fourth-order valence-electron chi connectivity index (χ4n) is 2.37. The highest BCUT2D eigenvalue weighted by Crippen LogP contribution is 2.26. The van der Waals surface area contributed by atoms with Gasteiger partial charge in [-0.05, 0) is 44.0 Å². The average Bonchev–Trinajstić information content (AvgIpc) is 2.94. The van der Waals surface area contributed by atoms with Crippen LogP contribution in [0, 0.1) is 5.82 Å². The van der Waals surface area contributed by atoms with E-state index in [1.807, 2.05) is 23.0 Å². The van der Waals surface area contributed by atoms with E-state index >= 15 is 0 Å². The Bertz CT molecular complexity index is 577. The SMILES string of the molecule is CCCNC(C)c1ccc(F)c(-c2cnn(CCC)c2)c1. The van der Waals surface area contributed by atoms with Crippen LogP contribution in [0.15, 0.2) is 30.6 Å². The summed E-state index contributed by atoms with van der Waals surface area (Å²) in [5.74, 6) is -0.197. The van der Waals surface area contributed by atoms with E-state index in [2.05, 4.69) is 31.2 Å². The standard InChI is InChI=1S/C17H24FN3/c1-4-8-19-13(3)14-6-7-17(18)16(10-14)15-11-20-21(12-15)9-5-2/h6-7,10-13,19H,4-5,8-9H2,1-3H3. The first-order valence-corrected chi connectivity index (χ1v) is 7.71. The normalized spacial score (nSPS) is 12.6. The van der Waals surface area contributed by atoms with Gasteiger partial charge < -0.3 is 5.32 Å². The molecule has 1 heterocycles. The van der Waals surface area contributed by atoms with Crippen LogP contribution in [0.4, 0.5) is 4.39 Å². The third-order valence-corrected chi connectivity index (χ3v) is 3.59. The van der Waals surface area contributed by atoms with E-state index in [-0.39, 0.29) is 11.9 Å². The molecule has 0 saturated heterocycles. The Balaban J connectivity index is 2.25. The number of nitrogens with one attached hydrogen (secondary N) is 1. The Morgan fingerprint density at radius 1 is 1.29 bits per heavy atom. The van der Waals surface area contributed by atoms with Crippen LogP contribution in [0.25, 0.3) is 11.1 Å². The number of hydrogen-bond donors (Lipinski definition) is 1. The van der Waals surface area contributed by atoms with Gasteiger partial charge >= 0.3 is 0 Å². The van der Waals surface area contributed by atoms with Gasteiger partial charge in [-0.15, -0.1) is 0 Å². The molecule has 3 nitrogen and oxygen atoms in total. The molecule has 21 heavy (non-hydrogen) atoms. The first-order chi connectivity index (χ1) is 10.2. The zero-order valence-electron chi connectivity index (χ0n) is 13.1. The maximum Gasteiger partial charge on any atom is 0.131 e. The lowest BCUT2D eigenvalue weighted by atomic mass is 10.0. The average molecular weight is 289 g/mol. The van der Waals surface area contributed by atoms with Gasteiger partial charge in [0.05, 0.1) is 6.20 Å². The quantitative estimate of drug-likeness (QED) is 0.829. The van der Waals surface area contributed by atoms with Crippen LogP contribution in [0.5, 0.6) is 0 Å². The molecule has 0 radical (unpaired) electrons. The third kappa shape index (κ3) is 3.91. The number of hydrogen-bond acceptors (Lipinski definition) is 2. The van der Waals surface area contributed by atoms with Crippen molar-refractivity contribution in [2.75, 3.05) is 6.54 Å². The molecule has 2 aromatic rings. The summed E-state index contributed by atoms with van der Waals surface area (Å²) in [7, 11) is 0. The molecule has 1 unspecified atom stereocenters. The Labute approximate surface area is 126 Å². The van der Waals surface area contributed by atoms with Crippen molar-refractivity contribution in [2.24, 2.45) is 0 Å². The summed E-state index contributed by atoms with van der Waals surface area (Å²) in [5.41, 5.74) is 2.56. The zero-order chi connectivity index (χ0) is 15.2. The van der Waals surface area contributed by atoms with Crippen molar-refractivity contribution < 1.29 is 4.39 Å². The highest BCUT2D eigenvalue weighted by atomic mass is 19.1. The van der Waals surface area contributed by atoms with E-state index < -0.39 is 0 Å². The van der Waals surface area contributed by atoms with Crippen LogP contribution in [0.3, 0.4) is 0 Å². The van der Waals surface area contributed by atoms with Crippen molar-refractivity contribution in [1.82, 2.24) is 15.1 Å². The summed E-state index contributed by atoms with van der Waals surface area (Å²) in [5, 5.41) is 7.71. The number of rotatable bonds is 7. The molecule has 0 aliphatic rings. The van der Waals surface area contributed by atoms with Gasteiger partial charge in [0.25, 0.3) is 0 Å². The molecule has 114 valence electrons. The van der Waals surface area contributed by atoms with Crippen LogP contribution in [0.1, 0.15) is 45.2 Å². The number of benzene rings is 1. The number of nitrogens with zero attached hydrogens (tertiary/aromatic N) is 2. The Morgan fingerprint density at radius 2 is 2.10 bits per heavy atom. The van der Waals surface area contributed by atoms with E-state index in [1.165, 1.54) is 0 Å². The van der Waals surface area contributed by atoms with Crippen molar-refractivity contribution in [1.29, 1.82) is 0 Å². The molecule has 1 aromatic heterocycles. The molecular formula is C17H24FN3. The van der Waals surface area contributed by atoms with Crippen molar-refractivity contribution >= 4 is 0 Å². The minimum Gasteiger partial charge on any atom is -0.310 e. The van der Waals surface area contributed by atoms with E-state index in [0.717, 1.165) is 37.1 Å². The van der Waals surface area contributed by atoms with Crippen molar-refractivity contribution in [3.63, 3.8) is 0 Å². The lowest BCUT2D eigenvalue weighted by Gasteiger charge is -2.15. The van der Waals surface area contributed by atoms with E-state index in [1.54, 1.807) is 12.3 Å². The topological polar surface area (TPSA) is 29.9 Å². The Kier molecular flexibility index (Phi) is 5.51. The highest BCUT2D eigenvalue weighted by molar-refractivity contribution is 5.63. The lowest BCUT2D eigenvalue weighted by Crippen LogP contribution is -2.19. The van der Waals surface area contributed by atoms with Crippen molar-refractivity contribution in [3.05, 3.63) is 42.0 Å². The summed E-state index contributed by atoms with van der Waals surface area (Å²) >= 11 is 0. The Hall–Kier alpha value is -1.68. The van der Waals surface area contributed by atoms with Gasteiger partial charge in [-0.25, -0.2) is 4.39 Å².